The molecule has 2 N–H and O–H groups in total. The molecule has 0 aromatic carbocycles. The summed E-state index contributed by atoms with van der Waals surface area (Å²) in [5.74, 6) is 1.11. The van der Waals surface area contributed by atoms with E-state index in [2.05, 4.69) is 24.1 Å². The van der Waals surface area contributed by atoms with Crippen molar-refractivity contribution in [2.24, 2.45) is 11.8 Å². The smallest absolute Gasteiger partial charge is 0.317 e. The molecular weight excluding hydrogens is 264 g/mol. The lowest BCUT2D eigenvalue weighted by Gasteiger charge is -2.43. The van der Waals surface area contributed by atoms with Gasteiger partial charge in [-0.05, 0) is 50.6 Å². The molecule has 0 saturated heterocycles. The first-order valence-electron chi connectivity index (χ1n) is 8.81. The van der Waals surface area contributed by atoms with Gasteiger partial charge in [-0.2, -0.15) is 0 Å². The molecule has 122 valence electrons. The van der Waals surface area contributed by atoms with Crippen molar-refractivity contribution in [1.29, 1.82) is 0 Å². The molecule has 2 unspecified atom stereocenters. The molecule has 0 amide bonds. The second-order valence-corrected chi connectivity index (χ2v) is 6.99. The highest BCUT2D eigenvalue weighted by molar-refractivity contribution is 5.69. The Morgan fingerprint density at radius 1 is 1.19 bits per heavy atom. The molecule has 0 radical (unpaired) electrons. The van der Waals surface area contributed by atoms with Crippen LogP contribution in [0, 0.1) is 11.8 Å². The molecule has 0 aliphatic heterocycles. The van der Waals surface area contributed by atoms with Gasteiger partial charge in [0.05, 0.1) is 6.54 Å². The van der Waals surface area contributed by atoms with Crippen molar-refractivity contribution >= 4 is 5.97 Å². The van der Waals surface area contributed by atoms with E-state index in [0.717, 1.165) is 31.2 Å². The van der Waals surface area contributed by atoms with Crippen molar-refractivity contribution in [1.82, 2.24) is 10.2 Å². The Morgan fingerprint density at radius 3 is 2.52 bits per heavy atom. The molecule has 2 aliphatic carbocycles. The molecule has 4 nitrogen and oxygen atoms in total. The number of likely N-dealkylation sites (N-methyl/N-ethyl adjacent to an activating group) is 1. The second kappa shape index (κ2) is 8.14. The quantitative estimate of drug-likeness (QED) is 0.723. The first-order valence-corrected chi connectivity index (χ1v) is 8.81. The van der Waals surface area contributed by atoms with Crippen LogP contribution in [-0.4, -0.2) is 47.7 Å². The molecule has 2 aliphatic rings. The van der Waals surface area contributed by atoms with E-state index in [1.165, 1.54) is 38.6 Å². The van der Waals surface area contributed by atoms with E-state index in [1.807, 2.05) is 0 Å². The Bertz CT molecular complexity index is 329. The molecule has 0 heterocycles. The van der Waals surface area contributed by atoms with Crippen LogP contribution in [0.2, 0.25) is 0 Å². The number of carbonyl (C=O) groups is 1. The monoisotopic (exact) mass is 296 g/mol. The SMILES string of the molecule is CCC1CCCC(CNC2CC(N(CC)CC(=O)O)C2)C1. The molecular formula is C17H32N2O2. The molecule has 2 saturated carbocycles. The molecule has 0 aromatic rings. The van der Waals surface area contributed by atoms with Gasteiger partial charge in [0.1, 0.15) is 0 Å². The number of carboxylic acid groups (broad SMARTS) is 1. The van der Waals surface area contributed by atoms with Gasteiger partial charge in [0.2, 0.25) is 0 Å². The zero-order chi connectivity index (χ0) is 15.2. The highest BCUT2D eigenvalue weighted by Gasteiger charge is 2.34. The third-order valence-electron chi connectivity index (χ3n) is 5.54. The van der Waals surface area contributed by atoms with Crippen LogP contribution in [-0.2, 0) is 4.79 Å². The van der Waals surface area contributed by atoms with Gasteiger partial charge in [-0.3, -0.25) is 9.69 Å². The van der Waals surface area contributed by atoms with Crippen LogP contribution in [0.4, 0.5) is 0 Å². The van der Waals surface area contributed by atoms with Crippen molar-refractivity contribution in [3.8, 4) is 0 Å². The summed E-state index contributed by atoms with van der Waals surface area (Å²) in [5.41, 5.74) is 0. The second-order valence-electron chi connectivity index (χ2n) is 6.99. The van der Waals surface area contributed by atoms with E-state index in [9.17, 15) is 4.79 Å². The van der Waals surface area contributed by atoms with Crippen molar-refractivity contribution in [2.45, 2.75) is 70.9 Å². The minimum Gasteiger partial charge on any atom is -0.480 e. The lowest BCUT2D eigenvalue weighted by Crippen LogP contribution is -2.54. The van der Waals surface area contributed by atoms with Gasteiger partial charge in [0.25, 0.3) is 0 Å². The fraction of sp³-hybridized carbons (Fsp3) is 0.941. The summed E-state index contributed by atoms with van der Waals surface area (Å²) < 4.78 is 0. The van der Waals surface area contributed by atoms with Gasteiger partial charge in [-0.25, -0.2) is 0 Å². The van der Waals surface area contributed by atoms with E-state index >= 15 is 0 Å². The first-order chi connectivity index (χ1) is 10.1. The maximum Gasteiger partial charge on any atom is 0.317 e. The maximum absolute atomic E-state index is 10.8. The molecule has 4 heteroatoms. The molecule has 0 bridgehead atoms. The third kappa shape index (κ3) is 4.96. The Balaban J connectivity index is 1.62. The van der Waals surface area contributed by atoms with Crippen LogP contribution >= 0.6 is 0 Å². The van der Waals surface area contributed by atoms with E-state index in [4.69, 9.17) is 5.11 Å². The summed E-state index contributed by atoms with van der Waals surface area (Å²) in [7, 11) is 0. The van der Waals surface area contributed by atoms with Crippen LogP contribution in [0.5, 0.6) is 0 Å². The molecule has 2 rings (SSSR count). The molecule has 0 spiro atoms. The summed E-state index contributed by atoms with van der Waals surface area (Å²) in [5, 5.41) is 12.6. The van der Waals surface area contributed by atoms with Gasteiger partial charge < -0.3 is 10.4 Å². The van der Waals surface area contributed by atoms with Gasteiger partial charge in [0.15, 0.2) is 0 Å². The van der Waals surface area contributed by atoms with Gasteiger partial charge in [-0.15, -0.1) is 0 Å². The number of carboxylic acids is 1. The van der Waals surface area contributed by atoms with E-state index < -0.39 is 5.97 Å². The number of rotatable bonds is 8. The van der Waals surface area contributed by atoms with Gasteiger partial charge in [-0.1, -0.05) is 33.1 Å². The number of hydrogen-bond acceptors (Lipinski definition) is 3. The first kappa shape index (κ1) is 16.8. The highest BCUT2D eigenvalue weighted by Crippen LogP contribution is 2.31. The molecule has 2 atom stereocenters. The summed E-state index contributed by atoms with van der Waals surface area (Å²) in [6.07, 6.45) is 9.19. The normalized spacial score (nSPS) is 32.9. The average Bonchev–Trinajstić information content (AvgIpc) is 2.44. The Kier molecular flexibility index (Phi) is 6.49. The maximum atomic E-state index is 10.8. The predicted octanol–water partition coefficient (Wildman–Crippen LogP) is 2.73. The molecule has 21 heavy (non-hydrogen) atoms. The minimum absolute atomic E-state index is 0.189. The topological polar surface area (TPSA) is 52.6 Å². The van der Waals surface area contributed by atoms with Crippen LogP contribution < -0.4 is 5.32 Å². The van der Waals surface area contributed by atoms with E-state index in [0.29, 0.717) is 12.1 Å². The fourth-order valence-electron chi connectivity index (χ4n) is 4.02. The predicted molar refractivity (Wildman–Crippen MR) is 85.4 cm³/mol. The Morgan fingerprint density at radius 2 is 1.90 bits per heavy atom. The largest absolute Gasteiger partial charge is 0.480 e. The number of aliphatic carboxylic acids is 1. The summed E-state index contributed by atoms with van der Waals surface area (Å²) in [4.78, 5) is 12.9. The lowest BCUT2D eigenvalue weighted by atomic mass is 9.79. The summed E-state index contributed by atoms with van der Waals surface area (Å²) in [6.45, 7) is 6.56. The lowest BCUT2D eigenvalue weighted by molar-refractivity contribution is -0.139. The molecule has 2 fully saturated rings. The van der Waals surface area contributed by atoms with Crippen molar-refractivity contribution in [3.05, 3.63) is 0 Å². The average molecular weight is 296 g/mol. The zero-order valence-electron chi connectivity index (χ0n) is 13.7. The van der Waals surface area contributed by atoms with Crippen LogP contribution in [0.1, 0.15) is 58.8 Å². The van der Waals surface area contributed by atoms with E-state index in [-0.39, 0.29) is 6.54 Å². The Hall–Kier alpha value is -0.610. The minimum atomic E-state index is -0.707. The van der Waals surface area contributed by atoms with Crippen molar-refractivity contribution in [3.63, 3.8) is 0 Å². The highest BCUT2D eigenvalue weighted by atomic mass is 16.4. The van der Waals surface area contributed by atoms with Gasteiger partial charge >= 0.3 is 5.97 Å². The van der Waals surface area contributed by atoms with Crippen molar-refractivity contribution in [2.75, 3.05) is 19.6 Å². The fourth-order valence-corrected chi connectivity index (χ4v) is 4.02. The van der Waals surface area contributed by atoms with Gasteiger partial charge in [0, 0.05) is 12.1 Å². The number of nitrogens with one attached hydrogen (secondary N) is 1. The van der Waals surface area contributed by atoms with Crippen LogP contribution in [0.15, 0.2) is 0 Å². The Labute approximate surface area is 129 Å². The van der Waals surface area contributed by atoms with Crippen molar-refractivity contribution < 1.29 is 9.90 Å². The zero-order valence-corrected chi connectivity index (χ0v) is 13.7. The van der Waals surface area contributed by atoms with Crippen LogP contribution in [0.3, 0.4) is 0 Å². The van der Waals surface area contributed by atoms with Crippen LogP contribution in [0.25, 0.3) is 0 Å². The summed E-state index contributed by atoms with van der Waals surface area (Å²) in [6, 6.07) is 1.08. The molecule has 0 aromatic heterocycles. The summed E-state index contributed by atoms with van der Waals surface area (Å²) >= 11 is 0. The number of hydrogen-bond donors (Lipinski definition) is 2. The number of nitrogens with zero attached hydrogens (tertiary/aromatic N) is 1. The van der Waals surface area contributed by atoms with E-state index in [1.54, 1.807) is 0 Å². The standard InChI is InChI=1S/C17H32N2O2/c1-3-13-6-5-7-14(8-13)11-18-15-9-16(10-15)19(4-2)12-17(20)21/h13-16,18H,3-12H2,1-2H3,(H,20,21). The third-order valence-corrected chi connectivity index (χ3v) is 5.54.